The minimum Gasteiger partial charge on any atom is -0.359 e. The Balaban J connectivity index is 1.59. The zero-order chi connectivity index (χ0) is 14.7. The van der Waals surface area contributed by atoms with Gasteiger partial charge in [0, 0.05) is 11.3 Å². The predicted octanol–water partition coefficient (Wildman–Crippen LogP) is 3.70. The molecule has 1 aliphatic carbocycles. The lowest BCUT2D eigenvalue weighted by molar-refractivity contribution is 0.251. The lowest BCUT2D eigenvalue weighted by Crippen LogP contribution is -2.46. The van der Waals surface area contributed by atoms with Crippen LogP contribution in [-0.4, -0.2) is 16.5 Å². The Kier molecular flexibility index (Phi) is 4.21. The molecule has 3 nitrogen and oxygen atoms in total. The van der Waals surface area contributed by atoms with Gasteiger partial charge in [-0.3, -0.25) is 4.99 Å². The minimum atomic E-state index is 0.306. The number of nitrogens with one attached hydrogen (secondary N) is 1. The van der Waals surface area contributed by atoms with Crippen LogP contribution in [0.3, 0.4) is 0 Å². The maximum Gasteiger partial charge on any atom is 0.157 e. The summed E-state index contributed by atoms with van der Waals surface area (Å²) in [7, 11) is 0. The van der Waals surface area contributed by atoms with E-state index in [0.717, 1.165) is 22.4 Å². The zero-order valence-corrected chi connectivity index (χ0v) is 13.2. The first-order valence-corrected chi connectivity index (χ1v) is 8.62. The van der Waals surface area contributed by atoms with Crippen LogP contribution in [-0.2, 0) is 6.54 Å². The van der Waals surface area contributed by atoms with E-state index in [9.17, 15) is 0 Å². The first-order valence-electron chi connectivity index (χ1n) is 7.64. The smallest absolute Gasteiger partial charge is 0.157 e. The molecule has 0 amide bonds. The van der Waals surface area contributed by atoms with Crippen molar-refractivity contribution in [2.75, 3.05) is 5.75 Å². The molecule has 0 aromatic heterocycles. The van der Waals surface area contributed by atoms with E-state index < -0.39 is 0 Å². The van der Waals surface area contributed by atoms with Crippen LogP contribution in [0.25, 0.3) is 0 Å². The Morgan fingerprint density at radius 2 is 2.05 bits per heavy atom. The molecule has 4 heteroatoms. The summed E-state index contributed by atoms with van der Waals surface area (Å²) in [5.41, 5.74) is 2.16. The van der Waals surface area contributed by atoms with Crippen molar-refractivity contribution in [1.82, 2.24) is 5.32 Å². The van der Waals surface area contributed by atoms with E-state index in [-0.39, 0.29) is 0 Å². The van der Waals surface area contributed by atoms with E-state index >= 15 is 0 Å². The average molecular weight is 299 g/mol. The Morgan fingerprint density at radius 1 is 1.33 bits per heavy atom. The number of nitrogens with zero attached hydrogens (tertiary/aromatic N) is 2. The molecule has 0 unspecified atom stereocenters. The van der Waals surface area contributed by atoms with Gasteiger partial charge in [-0.2, -0.15) is 5.26 Å². The number of amidine groups is 1. The fraction of sp³-hybridized carbons (Fsp3) is 0.529. The highest BCUT2D eigenvalue weighted by atomic mass is 32.2. The summed E-state index contributed by atoms with van der Waals surface area (Å²) in [6, 6.07) is 9.83. The Hall–Kier alpha value is -1.47. The second-order valence-corrected chi connectivity index (χ2v) is 7.27. The van der Waals surface area contributed by atoms with Gasteiger partial charge < -0.3 is 5.32 Å². The SMILES string of the molecule is CC1CCC2(CC1)CSC(=NCc1ccc(C#N)cc1)N2. The van der Waals surface area contributed by atoms with Crippen molar-refractivity contribution in [3.8, 4) is 6.07 Å². The van der Waals surface area contributed by atoms with Crippen molar-refractivity contribution < 1.29 is 0 Å². The average Bonchev–Trinajstić information content (AvgIpc) is 2.92. The van der Waals surface area contributed by atoms with E-state index in [1.165, 1.54) is 25.7 Å². The lowest BCUT2D eigenvalue weighted by atomic mass is 9.78. The van der Waals surface area contributed by atoms with E-state index in [4.69, 9.17) is 10.3 Å². The molecule has 1 aromatic carbocycles. The fourth-order valence-electron chi connectivity index (χ4n) is 3.02. The summed E-state index contributed by atoms with van der Waals surface area (Å²) < 4.78 is 0. The third-order valence-electron chi connectivity index (χ3n) is 4.58. The largest absolute Gasteiger partial charge is 0.359 e. The maximum absolute atomic E-state index is 8.80. The summed E-state index contributed by atoms with van der Waals surface area (Å²) in [6.45, 7) is 3.04. The summed E-state index contributed by atoms with van der Waals surface area (Å²) in [5.74, 6) is 2.04. The highest BCUT2D eigenvalue weighted by molar-refractivity contribution is 8.14. The summed E-state index contributed by atoms with van der Waals surface area (Å²) in [6.07, 6.45) is 5.21. The molecule has 1 aromatic rings. The molecule has 0 radical (unpaired) electrons. The monoisotopic (exact) mass is 299 g/mol. The molecule has 1 saturated heterocycles. The summed E-state index contributed by atoms with van der Waals surface area (Å²) in [5, 5.41) is 13.6. The Labute approximate surface area is 130 Å². The van der Waals surface area contributed by atoms with Gasteiger partial charge in [0.2, 0.25) is 0 Å². The molecule has 2 fully saturated rings. The van der Waals surface area contributed by atoms with Crippen LogP contribution in [0.1, 0.15) is 43.7 Å². The van der Waals surface area contributed by atoms with Gasteiger partial charge in [-0.1, -0.05) is 30.8 Å². The van der Waals surface area contributed by atoms with Crippen LogP contribution in [0.2, 0.25) is 0 Å². The van der Waals surface area contributed by atoms with E-state index in [1.54, 1.807) is 0 Å². The van der Waals surface area contributed by atoms with Crippen LogP contribution >= 0.6 is 11.8 Å². The molecule has 1 N–H and O–H groups in total. The maximum atomic E-state index is 8.80. The van der Waals surface area contributed by atoms with E-state index in [0.29, 0.717) is 17.6 Å². The van der Waals surface area contributed by atoms with E-state index in [2.05, 4.69) is 18.3 Å². The molecule has 21 heavy (non-hydrogen) atoms. The highest BCUT2D eigenvalue weighted by Crippen LogP contribution is 2.38. The van der Waals surface area contributed by atoms with E-state index in [1.807, 2.05) is 36.0 Å². The first-order chi connectivity index (χ1) is 10.2. The standard InChI is InChI=1S/C17H21N3S/c1-13-6-8-17(9-7-13)12-21-16(20-17)19-11-15-4-2-14(10-18)3-5-15/h2-5,13H,6-9,11-12H2,1H3,(H,19,20). The van der Waals surface area contributed by atoms with Gasteiger partial charge >= 0.3 is 0 Å². The fourth-order valence-corrected chi connectivity index (χ4v) is 4.24. The molecule has 2 aliphatic rings. The molecule has 1 saturated carbocycles. The third kappa shape index (κ3) is 3.41. The second kappa shape index (κ2) is 6.11. The molecule has 0 bridgehead atoms. The van der Waals surface area contributed by atoms with Gasteiger partial charge in [-0.15, -0.1) is 0 Å². The van der Waals surface area contributed by atoms with Crippen molar-refractivity contribution in [3.63, 3.8) is 0 Å². The van der Waals surface area contributed by atoms with Gasteiger partial charge in [-0.25, -0.2) is 0 Å². The molecule has 1 heterocycles. The molecule has 3 rings (SSSR count). The van der Waals surface area contributed by atoms with Gasteiger partial charge in [0.1, 0.15) is 0 Å². The van der Waals surface area contributed by atoms with Gasteiger partial charge in [0.25, 0.3) is 0 Å². The van der Waals surface area contributed by atoms with Crippen LogP contribution in [0, 0.1) is 17.2 Å². The molecule has 1 spiro atoms. The van der Waals surface area contributed by atoms with Gasteiger partial charge in [-0.05, 0) is 49.3 Å². The van der Waals surface area contributed by atoms with Crippen LogP contribution in [0.15, 0.2) is 29.3 Å². The van der Waals surface area contributed by atoms with Crippen LogP contribution in [0.4, 0.5) is 0 Å². The number of thioether (sulfide) groups is 1. The first kappa shape index (κ1) is 14.5. The quantitative estimate of drug-likeness (QED) is 0.906. The third-order valence-corrected chi connectivity index (χ3v) is 5.78. The van der Waals surface area contributed by atoms with Crippen LogP contribution in [0.5, 0.6) is 0 Å². The van der Waals surface area contributed by atoms with Crippen molar-refractivity contribution in [3.05, 3.63) is 35.4 Å². The predicted molar refractivity (Wildman–Crippen MR) is 88.3 cm³/mol. The Morgan fingerprint density at radius 3 is 2.71 bits per heavy atom. The van der Waals surface area contributed by atoms with Crippen molar-refractivity contribution in [2.24, 2.45) is 10.9 Å². The number of hydrogen-bond donors (Lipinski definition) is 1. The molecule has 110 valence electrons. The van der Waals surface area contributed by atoms with Gasteiger partial charge in [0.15, 0.2) is 5.17 Å². The van der Waals surface area contributed by atoms with Crippen molar-refractivity contribution >= 4 is 16.9 Å². The summed E-state index contributed by atoms with van der Waals surface area (Å²) >= 11 is 1.86. The Bertz CT molecular complexity index is 563. The van der Waals surface area contributed by atoms with Crippen LogP contribution < -0.4 is 5.32 Å². The van der Waals surface area contributed by atoms with Gasteiger partial charge in [0.05, 0.1) is 18.2 Å². The van der Waals surface area contributed by atoms with Crippen molar-refractivity contribution in [2.45, 2.75) is 44.7 Å². The molecule has 0 atom stereocenters. The zero-order valence-electron chi connectivity index (χ0n) is 12.4. The number of benzene rings is 1. The molecule has 1 aliphatic heterocycles. The minimum absolute atomic E-state index is 0.306. The molecular weight excluding hydrogens is 278 g/mol. The topological polar surface area (TPSA) is 48.2 Å². The normalized spacial score (nSPS) is 30.3. The van der Waals surface area contributed by atoms with Crippen molar-refractivity contribution in [1.29, 1.82) is 5.26 Å². The summed E-state index contributed by atoms with van der Waals surface area (Å²) in [4.78, 5) is 4.70. The molecular formula is C17H21N3S. The second-order valence-electron chi connectivity index (χ2n) is 6.31. The lowest BCUT2D eigenvalue weighted by Gasteiger charge is -2.35. The number of aliphatic imine (C=N–C) groups is 1. The highest BCUT2D eigenvalue weighted by Gasteiger charge is 2.39. The number of rotatable bonds is 2. The number of nitriles is 1. The number of hydrogen-bond acceptors (Lipinski definition) is 3.